The average Bonchev–Trinajstić information content (AvgIpc) is 2.27. The highest BCUT2D eigenvalue weighted by Crippen LogP contribution is 2.32. The Balaban J connectivity index is 3.18. The molecule has 1 aromatic rings. The Morgan fingerprint density at radius 2 is 1.95 bits per heavy atom. The zero-order valence-electron chi connectivity index (χ0n) is 12.0. The topological polar surface area (TPSA) is 54.4 Å². The molecule has 0 saturated carbocycles. The summed E-state index contributed by atoms with van der Waals surface area (Å²) >= 11 is 0. The van der Waals surface area contributed by atoms with Crippen molar-refractivity contribution in [3.8, 4) is 0 Å². The number of allylic oxidation sites excluding steroid dienone is 2. The van der Waals surface area contributed by atoms with E-state index in [0.717, 1.165) is 24.0 Å². The molecule has 4 heteroatoms. The van der Waals surface area contributed by atoms with Crippen LogP contribution in [0.25, 0.3) is 0 Å². The van der Waals surface area contributed by atoms with Crippen LogP contribution in [0.15, 0.2) is 35.2 Å². The van der Waals surface area contributed by atoms with Gasteiger partial charge in [-0.05, 0) is 55.4 Å². The molecule has 0 aromatic heterocycles. The van der Waals surface area contributed by atoms with E-state index in [-0.39, 0.29) is 10.3 Å². The minimum atomic E-state index is -4.14. The third kappa shape index (κ3) is 4.18. The molecule has 0 aliphatic rings. The average molecular weight is 282 g/mol. The van der Waals surface area contributed by atoms with Gasteiger partial charge in [0.2, 0.25) is 0 Å². The molecule has 3 nitrogen and oxygen atoms in total. The third-order valence-corrected chi connectivity index (χ3v) is 4.26. The summed E-state index contributed by atoms with van der Waals surface area (Å²) in [5.41, 5.74) is 1.87. The molecule has 0 spiro atoms. The van der Waals surface area contributed by atoms with Crippen molar-refractivity contribution in [2.24, 2.45) is 0 Å². The lowest BCUT2D eigenvalue weighted by atomic mass is 9.78. The fourth-order valence-corrected chi connectivity index (χ4v) is 2.74. The van der Waals surface area contributed by atoms with E-state index in [1.54, 1.807) is 12.1 Å². The van der Waals surface area contributed by atoms with Crippen LogP contribution in [0.2, 0.25) is 0 Å². The highest BCUT2D eigenvalue weighted by atomic mass is 32.2. The summed E-state index contributed by atoms with van der Waals surface area (Å²) in [4.78, 5) is -0.0350. The largest absolute Gasteiger partial charge is 0.294 e. The van der Waals surface area contributed by atoms with Crippen molar-refractivity contribution in [1.29, 1.82) is 0 Å². The van der Waals surface area contributed by atoms with Gasteiger partial charge in [-0.15, -0.1) is 0 Å². The molecule has 0 aliphatic heterocycles. The second-order valence-electron chi connectivity index (χ2n) is 5.44. The minimum absolute atomic E-state index is 0.0350. The quantitative estimate of drug-likeness (QED) is 0.658. The van der Waals surface area contributed by atoms with Gasteiger partial charge in [-0.25, -0.2) is 0 Å². The van der Waals surface area contributed by atoms with Gasteiger partial charge in [-0.3, -0.25) is 4.55 Å². The zero-order valence-corrected chi connectivity index (χ0v) is 12.8. The molecule has 0 heterocycles. The summed E-state index contributed by atoms with van der Waals surface area (Å²) in [5.74, 6) is 0. The van der Waals surface area contributed by atoms with Crippen molar-refractivity contribution in [3.05, 3.63) is 41.5 Å². The summed E-state index contributed by atoms with van der Waals surface area (Å²) in [6, 6.07) is 4.77. The van der Waals surface area contributed by atoms with Gasteiger partial charge in [0.25, 0.3) is 10.1 Å². The molecule has 106 valence electrons. The molecule has 0 aliphatic carbocycles. The Labute approximate surface area is 116 Å². The van der Waals surface area contributed by atoms with Crippen molar-refractivity contribution < 1.29 is 13.0 Å². The SMILES string of the molecule is CC=CCCC(C)(C)c1cc(S(=O)(=O)O)ccc1C. The second-order valence-corrected chi connectivity index (χ2v) is 6.86. The summed E-state index contributed by atoms with van der Waals surface area (Å²) in [5, 5.41) is 0. The Morgan fingerprint density at radius 1 is 1.32 bits per heavy atom. The second kappa shape index (κ2) is 5.88. The number of rotatable bonds is 5. The fourth-order valence-electron chi connectivity index (χ4n) is 2.24. The van der Waals surface area contributed by atoms with Crippen LogP contribution in [0.5, 0.6) is 0 Å². The number of hydrogen-bond acceptors (Lipinski definition) is 2. The highest BCUT2D eigenvalue weighted by molar-refractivity contribution is 7.85. The van der Waals surface area contributed by atoms with E-state index in [4.69, 9.17) is 4.55 Å². The molecule has 19 heavy (non-hydrogen) atoms. The number of benzene rings is 1. The fraction of sp³-hybridized carbons (Fsp3) is 0.467. The van der Waals surface area contributed by atoms with Gasteiger partial charge in [0.05, 0.1) is 4.90 Å². The minimum Gasteiger partial charge on any atom is -0.282 e. The molecule has 1 aromatic carbocycles. The van der Waals surface area contributed by atoms with E-state index in [0.29, 0.717) is 0 Å². The van der Waals surface area contributed by atoms with E-state index < -0.39 is 10.1 Å². The van der Waals surface area contributed by atoms with E-state index in [1.165, 1.54) is 6.07 Å². The monoisotopic (exact) mass is 282 g/mol. The summed E-state index contributed by atoms with van der Waals surface area (Å²) in [7, 11) is -4.14. The highest BCUT2D eigenvalue weighted by Gasteiger charge is 2.23. The van der Waals surface area contributed by atoms with Gasteiger partial charge < -0.3 is 0 Å². The number of hydrogen-bond donors (Lipinski definition) is 1. The molecule has 0 atom stereocenters. The van der Waals surface area contributed by atoms with E-state index >= 15 is 0 Å². The van der Waals surface area contributed by atoms with Crippen LogP contribution in [-0.2, 0) is 15.5 Å². The smallest absolute Gasteiger partial charge is 0.282 e. The molecule has 0 fully saturated rings. The zero-order chi connectivity index (χ0) is 14.7. The van der Waals surface area contributed by atoms with Gasteiger partial charge in [-0.2, -0.15) is 8.42 Å². The lowest BCUT2D eigenvalue weighted by molar-refractivity contribution is 0.474. The van der Waals surface area contributed by atoms with Crippen LogP contribution >= 0.6 is 0 Å². The van der Waals surface area contributed by atoms with Crippen molar-refractivity contribution in [2.45, 2.75) is 50.8 Å². The summed E-state index contributed by atoms with van der Waals surface area (Å²) in [6.45, 7) is 8.12. The van der Waals surface area contributed by atoms with Crippen LogP contribution in [0, 0.1) is 6.92 Å². The Kier molecular flexibility index (Phi) is 4.93. The van der Waals surface area contributed by atoms with Crippen molar-refractivity contribution in [2.75, 3.05) is 0 Å². The molecule has 0 bridgehead atoms. The lowest BCUT2D eigenvalue weighted by Gasteiger charge is -2.27. The van der Waals surface area contributed by atoms with Gasteiger partial charge >= 0.3 is 0 Å². The molecular weight excluding hydrogens is 260 g/mol. The van der Waals surface area contributed by atoms with Crippen LogP contribution in [-0.4, -0.2) is 13.0 Å². The van der Waals surface area contributed by atoms with Crippen LogP contribution in [0.3, 0.4) is 0 Å². The first-order valence-corrected chi connectivity index (χ1v) is 7.82. The predicted molar refractivity (Wildman–Crippen MR) is 78.1 cm³/mol. The molecular formula is C15H22O3S. The van der Waals surface area contributed by atoms with Gasteiger partial charge in [0, 0.05) is 0 Å². The summed E-state index contributed by atoms with van der Waals surface area (Å²) in [6.07, 6.45) is 5.98. The van der Waals surface area contributed by atoms with Gasteiger partial charge in [0.1, 0.15) is 0 Å². The normalized spacial score (nSPS) is 13.1. The van der Waals surface area contributed by atoms with Crippen LogP contribution in [0.1, 0.15) is 44.7 Å². The van der Waals surface area contributed by atoms with Crippen LogP contribution in [0.4, 0.5) is 0 Å². The predicted octanol–water partition coefficient (Wildman–Crippen LogP) is 3.88. The first-order valence-electron chi connectivity index (χ1n) is 6.38. The maximum absolute atomic E-state index is 11.2. The Morgan fingerprint density at radius 3 is 2.47 bits per heavy atom. The Bertz CT molecular complexity index is 569. The molecule has 0 amide bonds. The van der Waals surface area contributed by atoms with Crippen molar-refractivity contribution in [3.63, 3.8) is 0 Å². The lowest BCUT2D eigenvalue weighted by Crippen LogP contribution is -2.19. The molecule has 0 unspecified atom stereocenters. The van der Waals surface area contributed by atoms with E-state index in [1.807, 2.05) is 19.9 Å². The standard InChI is InChI=1S/C15H22O3S/c1-5-6-7-10-15(3,4)14-11-13(19(16,17)18)9-8-12(14)2/h5-6,8-9,11H,7,10H2,1-4H3,(H,16,17,18). The van der Waals surface area contributed by atoms with Gasteiger partial charge in [0.15, 0.2) is 0 Å². The van der Waals surface area contributed by atoms with E-state index in [2.05, 4.69) is 19.9 Å². The molecule has 1 N–H and O–H groups in total. The molecule has 0 saturated heterocycles. The maximum atomic E-state index is 11.2. The molecule has 1 rings (SSSR count). The number of aryl methyl sites for hydroxylation is 1. The first kappa shape index (κ1) is 15.9. The Hall–Kier alpha value is -1.13. The first-order chi connectivity index (χ1) is 8.68. The van der Waals surface area contributed by atoms with E-state index in [9.17, 15) is 8.42 Å². The maximum Gasteiger partial charge on any atom is 0.294 e. The molecule has 0 radical (unpaired) electrons. The van der Waals surface area contributed by atoms with Crippen molar-refractivity contribution >= 4 is 10.1 Å². The van der Waals surface area contributed by atoms with Gasteiger partial charge in [-0.1, -0.05) is 32.1 Å². The summed E-state index contributed by atoms with van der Waals surface area (Å²) < 4.78 is 31.6. The van der Waals surface area contributed by atoms with Crippen LogP contribution < -0.4 is 0 Å². The van der Waals surface area contributed by atoms with Crippen molar-refractivity contribution in [1.82, 2.24) is 0 Å². The third-order valence-electron chi connectivity index (χ3n) is 3.41.